The first-order valence-electron chi connectivity index (χ1n) is 12.5. The average Bonchev–Trinajstić information content (AvgIpc) is 3.30. The van der Waals surface area contributed by atoms with Gasteiger partial charge in [0.25, 0.3) is 5.91 Å². The molecule has 0 aliphatic heterocycles. The van der Waals surface area contributed by atoms with E-state index in [-0.39, 0.29) is 24.3 Å². The Morgan fingerprint density at radius 1 is 1.06 bits per heavy atom. The molecule has 0 radical (unpaired) electrons. The summed E-state index contributed by atoms with van der Waals surface area (Å²) in [6.07, 6.45) is 1.76. The molecule has 1 amide bonds. The smallest absolute Gasteiger partial charge is 0.305 e. The van der Waals surface area contributed by atoms with E-state index in [9.17, 15) is 9.59 Å². The van der Waals surface area contributed by atoms with Crippen molar-refractivity contribution in [3.05, 3.63) is 75.5 Å². The molecule has 3 rings (SSSR count). The maximum atomic E-state index is 12.1. The van der Waals surface area contributed by atoms with E-state index in [0.29, 0.717) is 17.4 Å². The van der Waals surface area contributed by atoms with Gasteiger partial charge in [0.15, 0.2) is 0 Å². The molecule has 0 bridgehead atoms. The maximum Gasteiger partial charge on any atom is 0.305 e. The van der Waals surface area contributed by atoms with Crippen LogP contribution in [0.15, 0.2) is 54.6 Å². The van der Waals surface area contributed by atoms with Crippen LogP contribution >= 0.6 is 11.3 Å². The van der Waals surface area contributed by atoms with Crippen molar-refractivity contribution in [2.75, 3.05) is 13.2 Å². The lowest BCUT2D eigenvalue weighted by Gasteiger charge is -2.19. The minimum Gasteiger partial charge on any atom is -0.493 e. The fourth-order valence-electron chi connectivity index (χ4n) is 3.91. The van der Waals surface area contributed by atoms with E-state index < -0.39 is 5.97 Å². The van der Waals surface area contributed by atoms with Crippen molar-refractivity contribution >= 4 is 23.2 Å². The van der Waals surface area contributed by atoms with Gasteiger partial charge in [0.1, 0.15) is 5.75 Å². The van der Waals surface area contributed by atoms with Crippen LogP contribution in [0, 0.1) is 12.8 Å². The lowest BCUT2D eigenvalue weighted by molar-refractivity contribution is -0.136. The molecule has 1 unspecified atom stereocenters. The molecule has 0 saturated carbocycles. The number of hydrogen-bond acceptors (Lipinski definition) is 4. The largest absolute Gasteiger partial charge is 0.493 e. The van der Waals surface area contributed by atoms with Crippen LogP contribution < -0.4 is 10.1 Å². The van der Waals surface area contributed by atoms with E-state index >= 15 is 0 Å². The molecule has 6 heteroatoms. The van der Waals surface area contributed by atoms with E-state index in [0.717, 1.165) is 23.5 Å². The summed E-state index contributed by atoms with van der Waals surface area (Å²) in [5.74, 6) is 0.110. The van der Waals surface area contributed by atoms with Crippen molar-refractivity contribution in [2.45, 2.75) is 59.3 Å². The standard InChI is InChI=1S/C30H37NO4S/c1-20(6-12-25-13-15-27(36-25)29(34)31-17-16-28(32)33)19-35-24-11-14-26(21(2)18-24)22-7-9-23(10-8-22)30(3,4)5/h7-11,13-15,18,20H,6,12,16-17,19H2,1-5H3,(H,31,34)(H,32,33). The second-order valence-corrected chi connectivity index (χ2v) is 11.6. The predicted molar refractivity (Wildman–Crippen MR) is 147 cm³/mol. The van der Waals surface area contributed by atoms with Crippen LogP contribution in [0.3, 0.4) is 0 Å². The van der Waals surface area contributed by atoms with Gasteiger partial charge in [-0.2, -0.15) is 0 Å². The van der Waals surface area contributed by atoms with E-state index in [2.05, 4.69) is 76.3 Å². The van der Waals surface area contributed by atoms with Gasteiger partial charge in [0.05, 0.1) is 17.9 Å². The third-order valence-electron chi connectivity index (χ3n) is 6.19. The molecule has 5 nitrogen and oxygen atoms in total. The Morgan fingerprint density at radius 3 is 2.42 bits per heavy atom. The van der Waals surface area contributed by atoms with Crippen LogP contribution in [-0.4, -0.2) is 30.1 Å². The molecule has 0 fully saturated rings. The van der Waals surface area contributed by atoms with Gasteiger partial charge in [0.2, 0.25) is 0 Å². The summed E-state index contributed by atoms with van der Waals surface area (Å²) in [4.78, 5) is 24.5. The molecule has 0 aliphatic rings. The Morgan fingerprint density at radius 2 is 1.78 bits per heavy atom. The molecule has 2 aromatic carbocycles. The number of carboxylic acids is 1. The van der Waals surface area contributed by atoms with Gasteiger partial charge < -0.3 is 15.2 Å². The Kier molecular flexibility index (Phi) is 9.32. The van der Waals surface area contributed by atoms with Gasteiger partial charge in [-0.15, -0.1) is 11.3 Å². The van der Waals surface area contributed by atoms with E-state index in [4.69, 9.17) is 9.84 Å². The number of carboxylic acid groups (broad SMARTS) is 1. The lowest BCUT2D eigenvalue weighted by Crippen LogP contribution is -2.25. The maximum absolute atomic E-state index is 12.1. The third kappa shape index (κ3) is 7.95. The summed E-state index contributed by atoms with van der Waals surface area (Å²) in [5, 5.41) is 11.3. The highest BCUT2D eigenvalue weighted by atomic mass is 32.1. The normalized spacial score (nSPS) is 12.2. The lowest BCUT2D eigenvalue weighted by atomic mass is 9.86. The zero-order valence-corrected chi connectivity index (χ0v) is 22.7. The first-order chi connectivity index (χ1) is 17.0. The average molecular weight is 508 g/mol. The van der Waals surface area contributed by atoms with Crippen LogP contribution in [0.25, 0.3) is 11.1 Å². The molecule has 1 heterocycles. The van der Waals surface area contributed by atoms with Crippen molar-refractivity contribution in [1.82, 2.24) is 5.32 Å². The van der Waals surface area contributed by atoms with Crippen LogP contribution in [0.2, 0.25) is 0 Å². The number of carbonyl (C=O) groups is 2. The second kappa shape index (κ2) is 12.2. The van der Waals surface area contributed by atoms with Gasteiger partial charge in [0, 0.05) is 11.4 Å². The van der Waals surface area contributed by atoms with E-state index in [1.54, 1.807) is 6.07 Å². The molecule has 0 aliphatic carbocycles. The highest BCUT2D eigenvalue weighted by molar-refractivity contribution is 7.14. The molecule has 3 aromatic rings. The van der Waals surface area contributed by atoms with Gasteiger partial charge in [-0.1, -0.05) is 58.0 Å². The molecular weight excluding hydrogens is 470 g/mol. The first-order valence-corrected chi connectivity index (χ1v) is 13.3. The molecule has 0 spiro atoms. The fraction of sp³-hybridized carbons (Fsp3) is 0.400. The first kappa shape index (κ1) is 27.5. The number of aliphatic carboxylic acids is 1. The van der Waals surface area contributed by atoms with Gasteiger partial charge in [-0.3, -0.25) is 9.59 Å². The topological polar surface area (TPSA) is 75.6 Å². The number of thiophene rings is 1. The third-order valence-corrected chi connectivity index (χ3v) is 7.33. The van der Waals surface area contributed by atoms with Crippen LogP contribution in [-0.2, 0) is 16.6 Å². The Hall–Kier alpha value is -3.12. The number of hydrogen-bond donors (Lipinski definition) is 2. The summed E-state index contributed by atoms with van der Waals surface area (Å²) in [5.41, 5.74) is 5.10. The highest BCUT2D eigenvalue weighted by Gasteiger charge is 2.14. The van der Waals surface area contributed by atoms with Crippen molar-refractivity contribution in [1.29, 1.82) is 0 Å². The molecular formula is C30H37NO4S. The van der Waals surface area contributed by atoms with Crippen molar-refractivity contribution in [3.63, 3.8) is 0 Å². The summed E-state index contributed by atoms with van der Waals surface area (Å²) in [7, 11) is 0. The van der Waals surface area contributed by atoms with Crippen LogP contribution in [0.4, 0.5) is 0 Å². The predicted octanol–water partition coefficient (Wildman–Crippen LogP) is 6.87. The number of carbonyl (C=O) groups excluding carboxylic acids is 1. The van der Waals surface area contributed by atoms with Crippen LogP contribution in [0.5, 0.6) is 5.75 Å². The zero-order chi connectivity index (χ0) is 26.3. The number of benzene rings is 2. The highest BCUT2D eigenvalue weighted by Crippen LogP contribution is 2.30. The number of amides is 1. The fourth-order valence-corrected chi connectivity index (χ4v) is 4.85. The molecule has 192 valence electrons. The van der Waals surface area contributed by atoms with Gasteiger partial charge in [-0.25, -0.2) is 0 Å². The Labute approximate surface area is 218 Å². The number of nitrogens with one attached hydrogen (secondary N) is 1. The van der Waals surface area contributed by atoms with Gasteiger partial charge >= 0.3 is 5.97 Å². The number of ether oxygens (including phenoxy) is 1. The van der Waals surface area contributed by atoms with Crippen molar-refractivity contribution in [2.24, 2.45) is 5.92 Å². The van der Waals surface area contributed by atoms with E-state index in [1.165, 1.54) is 33.6 Å². The van der Waals surface area contributed by atoms with Crippen molar-refractivity contribution in [3.8, 4) is 16.9 Å². The molecule has 0 saturated heterocycles. The SMILES string of the molecule is Cc1cc(OCC(C)CCc2ccc(C(=O)NCCC(=O)O)s2)ccc1-c1ccc(C(C)(C)C)cc1. The minimum atomic E-state index is -0.921. The summed E-state index contributed by atoms with van der Waals surface area (Å²) < 4.78 is 6.09. The van der Waals surface area contributed by atoms with Crippen LogP contribution in [0.1, 0.15) is 66.2 Å². The zero-order valence-electron chi connectivity index (χ0n) is 21.9. The molecule has 1 atom stereocenters. The summed E-state index contributed by atoms with van der Waals surface area (Å²) in [6, 6.07) is 18.9. The number of rotatable bonds is 11. The quantitative estimate of drug-likeness (QED) is 0.297. The summed E-state index contributed by atoms with van der Waals surface area (Å²) >= 11 is 1.46. The Balaban J connectivity index is 1.47. The summed E-state index contributed by atoms with van der Waals surface area (Å²) in [6.45, 7) is 11.7. The minimum absolute atomic E-state index is 0.0751. The van der Waals surface area contributed by atoms with Crippen molar-refractivity contribution < 1.29 is 19.4 Å². The molecule has 36 heavy (non-hydrogen) atoms. The monoisotopic (exact) mass is 507 g/mol. The number of aryl methyl sites for hydroxylation is 2. The Bertz CT molecular complexity index is 1170. The second-order valence-electron chi connectivity index (χ2n) is 10.4. The van der Waals surface area contributed by atoms with Gasteiger partial charge in [-0.05, 0) is 77.6 Å². The molecule has 1 aromatic heterocycles. The van der Waals surface area contributed by atoms with E-state index in [1.807, 2.05) is 12.1 Å². The molecule has 2 N–H and O–H groups in total.